The Kier molecular flexibility index (Phi) is 6.77. The number of carbonyl (C=O) groups is 2. The van der Waals surface area contributed by atoms with Crippen LogP contribution in [0.4, 0.5) is 0 Å². The first-order valence-corrected chi connectivity index (χ1v) is 10.4. The van der Waals surface area contributed by atoms with Gasteiger partial charge in [0.15, 0.2) is 0 Å². The first kappa shape index (κ1) is 20.9. The van der Waals surface area contributed by atoms with Crippen molar-refractivity contribution in [1.29, 1.82) is 0 Å². The predicted octanol–water partition coefficient (Wildman–Crippen LogP) is 4.97. The largest absolute Gasteiger partial charge is 0.488 e. The second-order valence-electron chi connectivity index (χ2n) is 5.72. The van der Waals surface area contributed by atoms with Crippen molar-refractivity contribution in [3.05, 3.63) is 68.0 Å². The van der Waals surface area contributed by atoms with Gasteiger partial charge in [0.1, 0.15) is 23.2 Å². The van der Waals surface area contributed by atoms with Crippen molar-refractivity contribution in [2.45, 2.75) is 6.61 Å². The maximum absolute atomic E-state index is 12.5. The Labute approximate surface area is 184 Å². The molecule has 2 aromatic carbocycles. The van der Waals surface area contributed by atoms with Gasteiger partial charge < -0.3 is 9.84 Å². The lowest BCUT2D eigenvalue weighted by Gasteiger charge is -2.12. The molecular formula is C19H13BrClNO4S2. The molecule has 1 heterocycles. The highest BCUT2D eigenvalue weighted by molar-refractivity contribution is 9.10. The fraction of sp³-hybridized carbons (Fsp3) is 0.105. The second-order valence-corrected chi connectivity index (χ2v) is 8.72. The van der Waals surface area contributed by atoms with E-state index in [1.54, 1.807) is 18.2 Å². The van der Waals surface area contributed by atoms with Crippen molar-refractivity contribution in [2.75, 3.05) is 6.54 Å². The van der Waals surface area contributed by atoms with E-state index in [0.717, 1.165) is 26.7 Å². The van der Waals surface area contributed by atoms with E-state index >= 15 is 0 Å². The molecule has 9 heteroatoms. The summed E-state index contributed by atoms with van der Waals surface area (Å²) < 4.78 is 6.94. The summed E-state index contributed by atoms with van der Waals surface area (Å²) in [4.78, 5) is 24.8. The van der Waals surface area contributed by atoms with Gasteiger partial charge in [-0.25, -0.2) is 0 Å². The normalized spacial score (nSPS) is 15.4. The fourth-order valence-corrected chi connectivity index (χ4v) is 4.26. The molecule has 1 aliphatic heterocycles. The number of aliphatic carboxylic acids is 1. The van der Waals surface area contributed by atoms with Gasteiger partial charge >= 0.3 is 5.97 Å². The summed E-state index contributed by atoms with van der Waals surface area (Å²) in [5.74, 6) is -0.996. The SMILES string of the molecule is O=C(O)CN1C(=O)C(=Cc2cc(Br)ccc2OCc2ccccc2Cl)SC1=S. The van der Waals surface area contributed by atoms with E-state index in [1.807, 2.05) is 30.3 Å². The van der Waals surface area contributed by atoms with Gasteiger partial charge in [-0.2, -0.15) is 0 Å². The van der Waals surface area contributed by atoms with Crippen LogP contribution in [0.1, 0.15) is 11.1 Å². The third-order valence-electron chi connectivity index (χ3n) is 3.77. The van der Waals surface area contributed by atoms with Gasteiger partial charge in [-0.15, -0.1) is 0 Å². The summed E-state index contributed by atoms with van der Waals surface area (Å²) in [7, 11) is 0. The van der Waals surface area contributed by atoms with Crippen molar-refractivity contribution in [3.8, 4) is 5.75 Å². The molecule has 28 heavy (non-hydrogen) atoms. The van der Waals surface area contributed by atoms with Gasteiger partial charge in [-0.05, 0) is 30.3 Å². The molecule has 1 fully saturated rings. The number of ether oxygens (including phenoxy) is 1. The molecule has 0 unspecified atom stereocenters. The summed E-state index contributed by atoms with van der Waals surface area (Å²) in [6.45, 7) is -0.196. The minimum absolute atomic E-state index is 0.215. The van der Waals surface area contributed by atoms with Crippen LogP contribution < -0.4 is 4.74 Å². The lowest BCUT2D eigenvalue weighted by atomic mass is 10.1. The standard InChI is InChI=1S/C19H13BrClNO4S2/c20-13-5-6-15(26-10-11-3-1-2-4-14(11)21)12(7-13)8-16-18(25)22(9-17(23)24)19(27)28-16/h1-8H,9-10H2,(H,23,24). The lowest BCUT2D eigenvalue weighted by Crippen LogP contribution is -2.33. The Morgan fingerprint density at radius 3 is 2.79 bits per heavy atom. The highest BCUT2D eigenvalue weighted by atomic mass is 79.9. The number of carboxylic acids is 1. The van der Waals surface area contributed by atoms with Crippen molar-refractivity contribution in [3.63, 3.8) is 0 Å². The number of carbonyl (C=O) groups excluding carboxylic acids is 1. The van der Waals surface area contributed by atoms with E-state index in [-0.39, 0.29) is 10.9 Å². The number of nitrogens with zero attached hydrogens (tertiary/aromatic N) is 1. The van der Waals surface area contributed by atoms with Crippen LogP contribution >= 0.6 is 51.5 Å². The van der Waals surface area contributed by atoms with E-state index < -0.39 is 18.4 Å². The van der Waals surface area contributed by atoms with E-state index in [9.17, 15) is 9.59 Å². The average Bonchev–Trinajstić information content (AvgIpc) is 2.89. The average molecular weight is 499 g/mol. The van der Waals surface area contributed by atoms with E-state index in [1.165, 1.54) is 0 Å². The number of thiocarbonyl (C=S) groups is 1. The lowest BCUT2D eigenvalue weighted by molar-refractivity contribution is -0.140. The summed E-state index contributed by atoms with van der Waals surface area (Å²) in [5, 5.41) is 9.55. The van der Waals surface area contributed by atoms with Crippen LogP contribution in [0.3, 0.4) is 0 Å². The first-order chi connectivity index (χ1) is 13.3. The van der Waals surface area contributed by atoms with Crippen LogP contribution in [-0.4, -0.2) is 32.7 Å². The molecule has 1 saturated heterocycles. The maximum atomic E-state index is 12.5. The molecular weight excluding hydrogens is 486 g/mol. The van der Waals surface area contributed by atoms with E-state index in [0.29, 0.717) is 21.2 Å². The maximum Gasteiger partial charge on any atom is 0.323 e. The minimum Gasteiger partial charge on any atom is -0.488 e. The Morgan fingerprint density at radius 2 is 2.07 bits per heavy atom. The number of benzene rings is 2. The zero-order valence-corrected chi connectivity index (χ0v) is 18.2. The molecule has 0 saturated carbocycles. The molecule has 0 aromatic heterocycles. The summed E-state index contributed by atoms with van der Waals surface area (Å²) in [5.41, 5.74) is 1.50. The Hall–Kier alpha value is -1.87. The zero-order valence-electron chi connectivity index (χ0n) is 14.2. The van der Waals surface area contributed by atoms with Gasteiger partial charge in [0.05, 0.1) is 4.91 Å². The molecule has 2 aromatic rings. The first-order valence-electron chi connectivity index (χ1n) is 7.98. The molecule has 144 valence electrons. The van der Waals surface area contributed by atoms with Crippen LogP contribution in [0.2, 0.25) is 5.02 Å². The van der Waals surface area contributed by atoms with Gasteiger partial charge in [-0.1, -0.05) is 69.7 Å². The number of hydrogen-bond donors (Lipinski definition) is 1. The van der Waals surface area contributed by atoms with E-state index in [2.05, 4.69) is 15.9 Å². The third-order valence-corrected chi connectivity index (χ3v) is 6.01. The molecule has 1 aliphatic rings. The van der Waals surface area contributed by atoms with Crippen LogP contribution in [-0.2, 0) is 16.2 Å². The summed E-state index contributed by atoms with van der Waals surface area (Å²) in [6.07, 6.45) is 1.65. The van der Waals surface area contributed by atoms with Crippen molar-refractivity contribution in [1.82, 2.24) is 4.90 Å². The van der Waals surface area contributed by atoms with Gasteiger partial charge in [0, 0.05) is 20.6 Å². The molecule has 0 bridgehead atoms. The summed E-state index contributed by atoms with van der Waals surface area (Å²) in [6, 6.07) is 12.8. The zero-order chi connectivity index (χ0) is 20.3. The Bertz CT molecular complexity index is 996. The third kappa shape index (κ3) is 4.94. The van der Waals surface area contributed by atoms with Gasteiger partial charge in [-0.3, -0.25) is 14.5 Å². The highest BCUT2D eigenvalue weighted by Gasteiger charge is 2.33. The monoisotopic (exact) mass is 497 g/mol. The van der Waals surface area contributed by atoms with Crippen LogP contribution in [0.25, 0.3) is 6.08 Å². The Morgan fingerprint density at radius 1 is 1.32 bits per heavy atom. The molecule has 0 atom stereocenters. The van der Waals surface area contributed by atoms with Crippen LogP contribution in [0.5, 0.6) is 5.75 Å². The molecule has 0 spiro atoms. The minimum atomic E-state index is -1.12. The van der Waals surface area contributed by atoms with E-state index in [4.69, 9.17) is 33.7 Å². The van der Waals surface area contributed by atoms with Crippen molar-refractivity contribution >= 4 is 73.8 Å². The highest BCUT2D eigenvalue weighted by Crippen LogP contribution is 2.35. The number of rotatable bonds is 6. The smallest absolute Gasteiger partial charge is 0.323 e. The topological polar surface area (TPSA) is 66.8 Å². The van der Waals surface area contributed by atoms with Crippen molar-refractivity contribution < 1.29 is 19.4 Å². The number of halogens is 2. The quantitative estimate of drug-likeness (QED) is 0.448. The number of amides is 1. The van der Waals surface area contributed by atoms with Crippen molar-refractivity contribution in [2.24, 2.45) is 0 Å². The summed E-state index contributed by atoms with van der Waals surface area (Å²) >= 11 is 15.8. The predicted molar refractivity (Wildman–Crippen MR) is 117 cm³/mol. The molecule has 1 N–H and O–H groups in total. The molecule has 5 nitrogen and oxygen atoms in total. The Balaban J connectivity index is 1.86. The molecule has 1 amide bonds. The fourth-order valence-electron chi connectivity index (χ4n) is 2.45. The van der Waals surface area contributed by atoms with Crippen LogP contribution in [0.15, 0.2) is 51.8 Å². The number of carboxylic acid groups (broad SMARTS) is 1. The number of thioether (sulfide) groups is 1. The molecule has 3 rings (SSSR count). The molecule has 0 radical (unpaired) electrons. The second kappa shape index (κ2) is 9.09. The molecule has 0 aliphatic carbocycles. The van der Waals surface area contributed by atoms with Gasteiger partial charge in [0.2, 0.25) is 0 Å². The van der Waals surface area contributed by atoms with Crippen LogP contribution in [0, 0.1) is 0 Å². The number of hydrogen-bond acceptors (Lipinski definition) is 5. The van der Waals surface area contributed by atoms with Gasteiger partial charge in [0.25, 0.3) is 5.91 Å².